The Kier molecular flexibility index (Phi) is 4.08. The van der Waals surface area contributed by atoms with Crippen LogP contribution >= 0.6 is 0 Å². The number of nitrogens with zero attached hydrogens (tertiary/aromatic N) is 5. The molecule has 1 aromatic heterocycles. The number of halogens is 1. The molecule has 0 saturated carbocycles. The van der Waals surface area contributed by atoms with E-state index in [4.69, 9.17) is 0 Å². The Balaban J connectivity index is 1.73. The van der Waals surface area contributed by atoms with Crippen molar-refractivity contribution < 1.29 is 9.18 Å². The summed E-state index contributed by atoms with van der Waals surface area (Å²) in [4.78, 5) is 18.8. The first-order valence-corrected chi connectivity index (χ1v) is 6.92. The van der Waals surface area contributed by atoms with Crippen molar-refractivity contribution >= 4 is 23.9 Å². The summed E-state index contributed by atoms with van der Waals surface area (Å²) in [7, 11) is 0. The van der Waals surface area contributed by atoms with Gasteiger partial charge in [0.2, 0.25) is 12.4 Å². The van der Waals surface area contributed by atoms with E-state index in [0.717, 1.165) is 6.41 Å². The Morgan fingerprint density at radius 3 is 2.68 bits per heavy atom. The molecule has 114 valence electrons. The van der Waals surface area contributed by atoms with Crippen LogP contribution in [0.3, 0.4) is 0 Å². The SMILES string of the molecule is O=CN1CCN(c2cnnc(Nc3ccccc3F)n2)CC1. The van der Waals surface area contributed by atoms with Crippen molar-refractivity contribution in [3.8, 4) is 0 Å². The molecule has 1 N–H and O–H groups in total. The second-order valence-corrected chi connectivity index (χ2v) is 4.87. The lowest BCUT2D eigenvalue weighted by Crippen LogP contribution is -2.46. The number of amides is 1. The van der Waals surface area contributed by atoms with Crippen molar-refractivity contribution in [2.45, 2.75) is 0 Å². The Morgan fingerprint density at radius 2 is 1.95 bits per heavy atom. The molecule has 1 aromatic carbocycles. The van der Waals surface area contributed by atoms with E-state index in [9.17, 15) is 9.18 Å². The highest BCUT2D eigenvalue weighted by Gasteiger charge is 2.17. The van der Waals surface area contributed by atoms with Gasteiger partial charge in [-0.1, -0.05) is 12.1 Å². The molecular weight excluding hydrogens is 287 g/mol. The molecule has 1 aliphatic rings. The minimum atomic E-state index is -0.379. The van der Waals surface area contributed by atoms with Gasteiger partial charge >= 0.3 is 0 Å². The third-order valence-electron chi connectivity index (χ3n) is 3.45. The molecule has 1 aliphatic heterocycles. The van der Waals surface area contributed by atoms with Gasteiger partial charge in [0.25, 0.3) is 0 Å². The third-order valence-corrected chi connectivity index (χ3v) is 3.45. The molecular formula is C14H15FN6O. The zero-order valence-electron chi connectivity index (χ0n) is 11.8. The van der Waals surface area contributed by atoms with Crippen molar-refractivity contribution in [3.63, 3.8) is 0 Å². The van der Waals surface area contributed by atoms with Crippen LogP contribution in [0, 0.1) is 5.82 Å². The second-order valence-electron chi connectivity index (χ2n) is 4.87. The molecule has 2 heterocycles. The van der Waals surface area contributed by atoms with Crippen LogP contribution in [-0.4, -0.2) is 52.7 Å². The van der Waals surface area contributed by atoms with E-state index in [1.165, 1.54) is 6.07 Å². The van der Waals surface area contributed by atoms with Crippen molar-refractivity contribution in [1.29, 1.82) is 0 Å². The third kappa shape index (κ3) is 3.11. The molecule has 1 fully saturated rings. The Morgan fingerprint density at radius 1 is 1.18 bits per heavy atom. The molecule has 0 bridgehead atoms. The minimum absolute atomic E-state index is 0.236. The van der Waals surface area contributed by atoms with Crippen molar-refractivity contribution in [3.05, 3.63) is 36.3 Å². The van der Waals surface area contributed by atoms with Crippen LogP contribution in [0.25, 0.3) is 0 Å². The average molecular weight is 302 g/mol. The maximum absolute atomic E-state index is 13.6. The topological polar surface area (TPSA) is 74.2 Å². The minimum Gasteiger partial charge on any atom is -0.352 e. The lowest BCUT2D eigenvalue weighted by atomic mass is 10.3. The highest BCUT2D eigenvalue weighted by atomic mass is 19.1. The summed E-state index contributed by atoms with van der Waals surface area (Å²) in [5.41, 5.74) is 0.298. The quantitative estimate of drug-likeness (QED) is 0.850. The van der Waals surface area contributed by atoms with E-state index in [0.29, 0.717) is 37.7 Å². The molecule has 3 rings (SSSR count). The van der Waals surface area contributed by atoms with Gasteiger partial charge in [0, 0.05) is 26.2 Å². The van der Waals surface area contributed by atoms with Crippen LogP contribution in [0.15, 0.2) is 30.5 Å². The molecule has 1 saturated heterocycles. The molecule has 2 aromatic rings. The van der Waals surface area contributed by atoms with Crippen LogP contribution in [0.1, 0.15) is 0 Å². The first-order chi connectivity index (χ1) is 10.8. The zero-order chi connectivity index (χ0) is 15.4. The molecule has 0 atom stereocenters. The van der Waals surface area contributed by atoms with E-state index in [2.05, 4.69) is 20.5 Å². The molecule has 0 aliphatic carbocycles. The van der Waals surface area contributed by atoms with E-state index in [1.54, 1.807) is 29.3 Å². The van der Waals surface area contributed by atoms with Crippen molar-refractivity contribution in [1.82, 2.24) is 20.1 Å². The molecule has 0 spiro atoms. The number of hydrogen-bond acceptors (Lipinski definition) is 6. The van der Waals surface area contributed by atoms with E-state index in [-0.39, 0.29) is 11.8 Å². The zero-order valence-corrected chi connectivity index (χ0v) is 11.8. The highest BCUT2D eigenvalue weighted by Crippen LogP contribution is 2.18. The van der Waals surface area contributed by atoms with Crippen molar-refractivity contribution in [2.75, 3.05) is 36.4 Å². The fourth-order valence-corrected chi connectivity index (χ4v) is 2.24. The van der Waals surface area contributed by atoms with Gasteiger partial charge in [-0.25, -0.2) is 4.39 Å². The summed E-state index contributed by atoms with van der Waals surface area (Å²) in [5.74, 6) is 0.510. The van der Waals surface area contributed by atoms with Gasteiger partial charge in [0.15, 0.2) is 5.82 Å². The van der Waals surface area contributed by atoms with Crippen LogP contribution in [-0.2, 0) is 4.79 Å². The Hall–Kier alpha value is -2.77. The smallest absolute Gasteiger partial charge is 0.249 e. The van der Waals surface area contributed by atoms with Crippen LogP contribution in [0.5, 0.6) is 0 Å². The number of nitrogens with one attached hydrogen (secondary N) is 1. The first-order valence-electron chi connectivity index (χ1n) is 6.92. The van der Waals surface area contributed by atoms with Gasteiger partial charge < -0.3 is 15.1 Å². The summed E-state index contributed by atoms with van der Waals surface area (Å²) in [6.45, 7) is 2.64. The number of carbonyl (C=O) groups is 1. The average Bonchev–Trinajstić information content (AvgIpc) is 2.57. The largest absolute Gasteiger partial charge is 0.352 e. The van der Waals surface area contributed by atoms with Gasteiger partial charge in [0.05, 0.1) is 11.9 Å². The van der Waals surface area contributed by atoms with Crippen LogP contribution in [0.4, 0.5) is 21.8 Å². The summed E-state index contributed by atoms with van der Waals surface area (Å²) in [6.07, 6.45) is 2.41. The molecule has 0 radical (unpaired) electrons. The number of benzene rings is 1. The number of aromatic nitrogens is 3. The number of hydrogen-bond donors (Lipinski definition) is 1. The van der Waals surface area contributed by atoms with Gasteiger partial charge in [-0.05, 0) is 12.1 Å². The highest BCUT2D eigenvalue weighted by molar-refractivity contribution is 5.55. The monoisotopic (exact) mass is 302 g/mol. The lowest BCUT2D eigenvalue weighted by molar-refractivity contribution is -0.118. The predicted molar refractivity (Wildman–Crippen MR) is 79.4 cm³/mol. The Bertz CT molecular complexity index is 659. The predicted octanol–water partition coefficient (Wildman–Crippen LogP) is 1.03. The summed E-state index contributed by atoms with van der Waals surface area (Å²) < 4.78 is 13.6. The van der Waals surface area contributed by atoms with Crippen molar-refractivity contribution in [2.24, 2.45) is 0 Å². The molecule has 7 nitrogen and oxygen atoms in total. The molecule has 8 heteroatoms. The fourth-order valence-electron chi connectivity index (χ4n) is 2.24. The van der Waals surface area contributed by atoms with E-state index in [1.807, 2.05) is 4.90 Å². The summed E-state index contributed by atoms with van der Waals surface area (Å²) >= 11 is 0. The molecule has 22 heavy (non-hydrogen) atoms. The summed E-state index contributed by atoms with van der Waals surface area (Å²) in [5, 5.41) is 10.6. The van der Waals surface area contributed by atoms with Crippen LogP contribution < -0.4 is 10.2 Å². The van der Waals surface area contributed by atoms with Gasteiger partial charge in [-0.3, -0.25) is 4.79 Å². The van der Waals surface area contributed by atoms with E-state index >= 15 is 0 Å². The normalized spacial score (nSPS) is 14.8. The molecule has 0 unspecified atom stereocenters. The number of para-hydroxylation sites is 1. The Labute approximate surface area is 126 Å². The van der Waals surface area contributed by atoms with Gasteiger partial charge in [0.1, 0.15) is 5.82 Å². The number of carbonyl (C=O) groups excluding carboxylic acids is 1. The fraction of sp³-hybridized carbons (Fsp3) is 0.286. The number of piperazine rings is 1. The van der Waals surface area contributed by atoms with Gasteiger partial charge in [-0.2, -0.15) is 10.1 Å². The lowest BCUT2D eigenvalue weighted by Gasteiger charge is -2.33. The van der Waals surface area contributed by atoms with E-state index < -0.39 is 0 Å². The van der Waals surface area contributed by atoms with Gasteiger partial charge in [-0.15, -0.1) is 5.10 Å². The second kappa shape index (κ2) is 6.33. The summed E-state index contributed by atoms with van der Waals surface area (Å²) in [6, 6.07) is 6.30. The molecule has 1 amide bonds. The number of rotatable bonds is 4. The standard InChI is InChI=1S/C14H15FN6O/c15-11-3-1-2-4-12(11)17-14-18-13(9-16-19-14)21-7-5-20(10-22)6-8-21/h1-4,9-10H,5-8H2,(H,17,18,19). The first kappa shape index (κ1) is 14.2. The van der Waals surface area contributed by atoms with Crippen LogP contribution in [0.2, 0.25) is 0 Å². The maximum Gasteiger partial charge on any atom is 0.249 e. The maximum atomic E-state index is 13.6. The number of anilines is 3.